The number of aryl methyl sites for hydroxylation is 1. The Kier molecular flexibility index (Phi) is 6.86. The maximum Gasteiger partial charge on any atom is 0.290 e. The van der Waals surface area contributed by atoms with Gasteiger partial charge in [0, 0.05) is 6.07 Å². The lowest BCUT2D eigenvalue weighted by Crippen LogP contribution is -2.26. The van der Waals surface area contributed by atoms with Gasteiger partial charge < -0.3 is 19.3 Å². The van der Waals surface area contributed by atoms with Crippen LogP contribution in [0.1, 0.15) is 61.0 Å². The van der Waals surface area contributed by atoms with Gasteiger partial charge in [0.25, 0.3) is 5.91 Å². The lowest BCUT2D eigenvalue weighted by molar-refractivity contribution is 0.0902. The monoisotopic (exact) mass is 346 g/mol. The maximum atomic E-state index is 12.2. The van der Waals surface area contributed by atoms with E-state index in [0.717, 1.165) is 24.8 Å². The van der Waals surface area contributed by atoms with Crippen LogP contribution < -0.4 is 14.8 Å². The topological polar surface area (TPSA) is 73.6 Å². The molecule has 0 aliphatic heterocycles. The second-order valence-electron chi connectivity index (χ2n) is 5.99. The number of nitrogens with zero attached hydrogens (tertiary/aromatic N) is 1. The molecular weight excluding hydrogens is 320 g/mol. The first-order valence-corrected chi connectivity index (χ1v) is 8.60. The van der Waals surface area contributed by atoms with Crippen LogP contribution in [0.5, 0.6) is 11.5 Å². The number of nitrogens with one attached hydrogen (secondary N) is 1. The smallest absolute Gasteiger partial charge is 0.290 e. The molecule has 1 atom stereocenters. The number of amides is 1. The molecule has 6 nitrogen and oxygen atoms in total. The SMILES string of the molecule is CCCCCOc1ccc(C(C)NC(=O)c2cc(C)no2)cc1OC. The molecule has 0 aliphatic rings. The summed E-state index contributed by atoms with van der Waals surface area (Å²) in [6, 6.07) is 7.08. The van der Waals surface area contributed by atoms with Gasteiger partial charge in [-0.3, -0.25) is 4.79 Å². The van der Waals surface area contributed by atoms with E-state index in [1.165, 1.54) is 0 Å². The van der Waals surface area contributed by atoms with Crippen LogP contribution in [0, 0.1) is 6.92 Å². The Balaban J connectivity index is 2.01. The molecule has 136 valence electrons. The summed E-state index contributed by atoms with van der Waals surface area (Å²) in [4.78, 5) is 12.2. The maximum absolute atomic E-state index is 12.2. The number of ether oxygens (including phenoxy) is 2. The largest absolute Gasteiger partial charge is 0.493 e. The van der Waals surface area contributed by atoms with E-state index in [1.54, 1.807) is 20.1 Å². The van der Waals surface area contributed by atoms with Gasteiger partial charge in [0.1, 0.15) is 0 Å². The Bertz CT molecular complexity index is 696. The van der Waals surface area contributed by atoms with E-state index in [2.05, 4.69) is 17.4 Å². The van der Waals surface area contributed by atoms with Crippen molar-refractivity contribution < 1.29 is 18.8 Å². The summed E-state index contributed by atoms with van der Waals surface area (Å²) in [5.74, 6) is 1.27. The Morgan fingerprint density at radius 2 is 2.08 bits per heavy atom. The van der Waals surface area contributed by atoms with E-state index in [-0.39, 0.29) is 17.7 Å². The van der Waals surface area contributed by atoms with Crippen LogP contribution in [-0.4, -0.2) is 24.8 Å². The molecule has 1 amide bonds. The number of benzene rings is 1. The first-order valence-electron chi connectivity index (χ1n) is 8.60. The molecule has 0 bridgehead atoms. The highest BCUT2D eigenvalue weighted by atomic mass is 16.5. The van der Waals surface area contributed by atoms with Crippen LogP contribution in [0.15, 0.2) is 28.8 Å². The predicted molar refractivity (Wildman–Crippen MR) is 95.1 cm³/mol. The van der Waals surface area contributed by atoms with Crippen molar-refractivity contribution in [3.05, 3.63) is 41.3 Å². The lowest BCUT2D eigenvalue weighted by Gasteiger charge is -2.16. The zero-order chi connectivity index (χ0) is 18.2. The van der Waals surface area contributed by atoms with Gasteiger partial charge in [0.15, 0.2) is 11.5 Å². The van der Waals surface area contributed by atoms with E-state index in [9.17, 15) is 4.79 Å². The van der Waals surface area contributed by atoms with Gasteiger partial charge in [0.2, 0.25) is 5.76 Å². The summed E-state index contributed by atoms with van der Waals surface area (Å²) in [6.07, 6.45) is 3.32. The fraction of sp³-hybridized carbons (Fsp3) is 0.474. The zero-order valence-electron chi connectivity index (χ0n) is 15.3. The lowest BCUT2D eigenvalue weighted by atomic mass is 10.1. The van der Waals surface area contributed by atoms with Crippen molar-refractivity contribution >= 4 is 5.91 Å². The molecule has 1 N–H and O–H groups in total. The molecule has 0 radical (unpaired) electrons. The molecule has 0 spiro atoms. The van der Waals surface area contributed by atoms with Crippen LogP contribution in [0.25, 0.3) is 0 Å². The normalized spacial score (nSPS) is 11.8. The Morgan fingerprint density at radius 3 is 2.72 bits per heavy atom. The van der Waals surface area contributed by atoms with Gasteiger partial charge in [0.05, 0.1) is 25.5 Å². The fourth-order valence-electron chi connectivity index (χ4n) is 2.43. The number of hydrogen-bond acceptors (Lipinski definition) is 5. The van der Waals surface area contributed by atoms with E-state index in [1.807, 2.05) is 25.1 Å². The highest BCUT2D eigenvalue weighted by Crippen LogP contribution is 2.30. The third-order valence-corrected chi connectivity index (χ3v) is 3.89. The fourth-order valence-corrected chi connectivity index (χ4v) is 2.43. The van der Waals surface area contributed by atoms with Crippen molar-refractivity contribution in [2.75, 3.05) is 13.7 Å². The molecule has 1 heterocycles. The van der Waals surface area contributed by atoms with Crippen molar-refractivity contribution in [1.29, 1.82) is 0 Å². The predicted octanol–water partition coefficient (Wildman–Crippen LogP) is 4.05. The van der Waals surface area contributed by atoms with Gasteiger partial charge >= 0.3 is 0 Å². The summed E-state index contributed by atoms with van der Waals surface area (Å²) in [5, 5.41) is 6.61. The minimum atomic E-state index is -0.299. The Labute approximate surface area is 148 Å². The zero-order valence-corrected chi connectivity index (χ0v) is 15.3. The minimum absolute atomic E-state index is 0.201. The molecule has 2 aromatic rings. The van der Waals surface area contributed by atoms with Crippen LogP contribution in [0.3, 0.4) is 0 Å². The van der Waals surface area contributed by atoms with Crippen molar-refractivity contribution in [3.8, 4) is 11.5 Å². The number of unbranched alkanes of at least 4 members (excludes halogenated alkanes) is 2. The second-order valence-corrected chi connectivity index (χ2v) is 5.99. The number of rotatable bonds is 9. The standard InChI is InChI=1S/C19H26N2O4/c1-5-6-7-10-24-16-9-8-15(12-17(16)23-4)14(3)20-19(22)18-11-13(2)21-25-18/h8-9,11-12,14H,5-7,10H2,1-4H3,(H,20,22). The number of methoxy groups -OCH3 is 1. The quantitative estimate of drug-likeness (QED) is 0.693. The molecule has 0 saturated heterocycles. The van der Waals surface area contributed by atoms with E-state index in [0.29, 0.717) is 23.8 Å². The van der Waals surface area contributed by atoms with Crippen LogP contribution in [0.2, 0.25) is 0 Å². The summed E-state index contributed by atoms with van der Waals surface area (Å²) >= 11 is 0. The Hall–Kier alpha value is -2.50. The summed E-state index contributed by atoms with van der Waals surface area (Å²) in [7, 11) is 1.61. The summed E-state index contributed by atoms with van der Waals surface area (Å²) in [6.45, 7) is 6.50. The van der Waals surface area contributed by atoms with Crippen LogP contribution >= 0.6 is 0 Å². The number of hydrogen-bond donors (Lipinski definition) is 1. The number of carbonyl (C=O) groups is 1. The minimum Gasteiger partial charge on any atom is -0.493 e. The number of carbonyl (C=O) groups excluding carboxylic acids is 1. The highest BCUT2D eigenvalue weighted by molar-refractivity contribution is 5.91. The van der Waals surface area contributed by atoms with Gasteiger partial charge in [-0.05, 0) is 38.0 Å². The van der Waals surface area contributed by atoms with E-state index >= 15 is 0 Å². The molecule has 0 fully saturated rings. The summed E-state index contributed by atoms with van der Waals surface area (Å²) < 4.78 is 16.2. The Morgan fingerprint density at radius 1 is 1.28 bits per heavy atom. The van der Waals surface area contributed by atoms with E-state index in [4.69, 9.17) is 14.0 Å². The molecular formula is C19H26N2O4. The molecule has 1 aromatic carbocycles. The van der Waals surface area contributed by atoms with E-state index < -0.39 is 0 Å². The van der Waals surface area contributed by atoms with Crippen LogP contribution in [-0.2, 0) is 0 Å². The molecule has 6 heteroatoms. The molecule has 1 aromatic heterocycles. The van der Waals surface area contributed by atoms with Crippen molar-refractivity contribution in [3.63, 3.8) is 0 Å². The van der Waals surface area contributed by atoms with Gasteiger partial charge in [-0.1, -0.05) is 31.0 Å². The summed E-state index contributed by atoms with van der Waals surface area (Å²) in [5.41, 5.74) is 1.59. The first-order chi connectivity index (χ1) is 12.0. The van der Waals surface area contributed by atoms with Gasteiger partial charge in [-0.15, -0.1) is 0 Å². The average Bonchev–Trinajstić information content (AvgIpc) is 3.05. The van der Waals surface area contributed by atoms with Crippen molar-refractivity contribution in [2.45, 2.75) is 46.1 Å². The van der Waals surface area contributed by atoms with Gasteiger partial charge in [-0.2, -0.15) is 0 Å². The van der Waals surface area contributed by atoms with Crippen molar-refractivity contribution in [1.82, 2.24) is 10.5 Å². The number of aromatic nitrogens is 1. The average molecular weight is 346 g/mol. The second kappa shape index (κ2) is 9.11. The molecule has 2 rings (SSSR count). The highest BCUT2D eigenvalue weighted by Gasteiger charge is 2.17. The molecule has 25 heavy (non-hydrogen) atoms. The third-order valence-electron chi connectivity index (χ3n) is 3.89. The van der Waals surface area contributed by atoms with Crippen molar-refractivity contribution in [2.24, 2.45) is 0 Å². The molecule has 0 saturated carbocycles. The first kappa shape index (κ1) is 18.8. The van der Waals surface area contributed by atoms with Crippen LogP contribution in [0.4, 0.5) is 0 Å². The van der Waals surface area contributed by atoms with Gasteiger partial charge in [-0.25, -0.2) is 0 Å². The molecule has 1 unspecified atom stereocenters. The third kappa shape index (κ3) is 5.24. The molecule has 0 aliphatic carbocycles.